The molecule has 116 valence electrons. The fraction of sp³-hybridized carbons (Fsp3) is 0.316. The molecule has 0 spiro atoms. The van der Waals surface area contributed by atoms with Crippen molar-refractivity contribution in [1.29, 1.82) is 0 Å². The molecular formula is C19H24N2O. The van der Waals surface area contributed by atoms with Gasteiger partial charge in [-0.1, -0.05) is 67.6 Å². The Morgan fingerprint density at radius 2 is 1.64 bits per heavy atom. The van der Waals surface area contributed by atoms with Crippen molar-refractivity contribution in [2.24, 2.45) is 0 Å². The van der Waals surface area contributed by atoms with Crippen molar-refractivity contribution in [2.75, 3.05) is 6.54 Å². The highest BCUT2D eigenvalue weighted by Crippen LogP contribution is 2.15. The predicted octanol–water partition coefficient (Wildman–Crippen LogP) is 4.07. The van der Waals surface area contributed by atoms with Crippen LogP contribution in [-0.2, 0) is 6.42 Å². The summed E-state index contributed by atoms with van der Waals surface area (Å²) in [4.78, 5) is 12.0. The van der Waals surface area contributed by atoms with E-state index in [9.17, 15) is 4.79 Å². The lowest BCUT2D eigenvalue weighted by Gasteiger charge is -2.18. The highest BCUT2D eigenvalue weighted by atomic mass is 16.2. The lowest BCUT2D eigenvalue weighted by molar-refractivity contribution is 0.236. The zero-order valence-electron chi connectivity index (χ0n) is 13.1. The Bertz CT molecular complexity index is 554. The molecule has 3 nitrogen and oxygen atoms in total. The zero-order valence-corrected chi connectivity index (χ0v) is 13.1. The number of nitrogens with one attached hydrogen (secondary N) is 2. The summed E-state index contributed by atoms with van der Waals surface area (Å²) in [5.74, 6) is 0. The third-order valence-electron chi connectivity index (χ3n) is 3.69. The van der Waals surface area contributed by atoms with Crippen LogP contribution in [0.15, 0.2) is 60.7 Å². The summed E-state index contributed by atoms with van der Waals surface area (Å²) in [6.07, 6.45) is 2.80. The van der Waals surface area contributed by atoms with Crippen LogP contribution >= 0.6 is 0 Å². The molecular weight excluding hydrogens is 272 g/mol. The van der Waals surface area contributed by atoms with Crippen LogP contribution in [0.5, 0.6) is 0 Å². The van der Waals surface area contributed by atoms with Gasteiger partial charge in [0.25, 0.3) is 0 Å². The summed E-state index contributed by atoms with van der Waals surface area (Å²) >= 11 is 0. The first-order valence-electron chi connectivity index (χ1n) is 7.93. The fourth-order valence-electron chi connectivity index (χ4n) is 2.45. The predicted molar refractivity (Wildman–Crippen MR) is 90.8 cm³/mol. The number of hydrogen-bond acceptors (Lipinski definition) is 1. The van der Waals surface area contributed by atoms with Crippen LogP contribution in [0.25, 0.3) is 0 Å². The molecule has 1 atom stereocenters. The molecule has 0 heterocycles. The second-order valence-electron chi connectivity index (χ2n) is 5.36. The van der Waals surface area contributed by atoms with Crippen LogP contribution in [0.3, 0.4) is 0 Å². The molecule has 0 radical (unpaired) electrons. The van der Waals surface area contributed by atoms with Crippen LogP contribution in [0.2, 0.25) is 0 Å². The van der Waals surface area contributed by atoms with E-state index < -0.39 is 0 Å². The van der Waals surface area contributed by atoms with E-state index in [1.54, 1.807) is 0 Å². The number of hydrogen-bond donors (Lipinski definition) is 2. The molecule has 2 rings (SSSR count). The Labute approximate surface area is 132 Å². The Balaban J connectivity index is 1.71. The van der Waals surface area contributed by atoms with Crippen molar-refractivity contribution in [1.82, 2.24) is 10.6 Å². The minimum absolute atomic E-state index is 0.0651. The van der Waals surface area contributed by atoms with Gasteiger partial charge in [-0.2, -0.15) is 0 Å². The van der Waals surface area contributed by atoms with Gasteiger partial charge in [0, 0.05) is 6.54 Å². The van der Waals surface area contributed by atoms with Crippen molar-refractivity contribution in [3.8, 4) is 0 Å². The molecule has 2 amide bonds. The Morgan fingerprint density at radius 3 is 2.27 bits per heavy atom. The Kier molecular flexibility index (Phi) is 6.49. The maximum atomic E-state index is 12.0. The van der Waals surface area contributed by atoms with E-state index in [4.69, 9.17) is 0 Å². The van der Waals surface area contributed by atoms with Crippen LogP contribution in [0.4, 0.5) is 4.79 Å². The van der Waals surface area contributed by atoms with Crippen LogP contribution in [0, 0.1) is 0 Å². The van der Waals surface area contributed by atoms with Gasteiger partial charge >= 0.3 is 6.03 Å². The summed E-state index contributed by atoms with van der Waals surface area (Å²) in [5, 5.41) is 5.97. The Morgan fingerprint density at radius 1 is 1.00 bits per heavy atom. The maximum Gasteiger partial charge on any atom is 0.315 e. The van der Waals surface area contributed by atoms with Gasteiger partial charge in [-0.25, -0.2) is 4.79 Å². The molecule has 0 saturated carbocycles. The molecule has 0 aromatic heterocycles. The molecule has 0 unspecified atom stereocenters. The van der Waals surface area contributed by atoms with Gasteiger partial charge in [-0.3, -0.25) is 0 Å². The lowest BCUT2D eigenvalue weighted by Crippen LogP contribution is -2.38. The minimum Gasteiger partial charge on any atom is -0.338 e. The largest absolute Gasteiger partial charge is 0.338 e. The fourth-order valence-corrected chi connectivity index (χ4v) is 2.45. The molecule has 2 aromatic rings. The smallest absolute Gasteiger partial charge is 0.315 e. The second-order valence-corrected chi connectivity index (χ2v) is 5.36. The van der Waals surface area contributed by atoms with Crippen molar-refractivity contribution in [2.45, 2.75) is 32.2 Å². The first-order valence-corrected chi connectivity index (χ1v) is 7.93. The third kappa shape index (κ3) is 5.24. The first kappa shape index (κ1) is 16.1. The lowest BCUT2D eigenvalue weighted by atomic mass is 10.1. The number of amides is 2. The topological polar surface area (TPSA) is 41.1 Å². The third-order valence-corrected chi connectivity index (χ3v) is 3.69. The molecule has 0 bridgehead atoms. The van der Waals surface area contributed by atoms with Gasteiger partial charge in [-0.15, -0.1) is 0 Å². The van der Waals surface area contributed by atoms with E-state index in [-0.39, 0.29) is 12.1 Å². The summed E-state index contributed by atoms with van der Waals surface area (Å²) < 4.78 is 0. The van der Waals surface area contributed by atoms with Gasteiger partial charge in [0.2, 0.25) is 0 Å². The normalized spacial score (nSPS) is 11.7. The Hall–Kier alpha value is -2.29. The van der Waals surface area contributed by atoms with Crippen molar-refractivity contribution in [3.05, 3.63) is 71.8 Å². The number of urea groups is 1. The van der Waals surface area contributed by atoms with E-state index in [2.05, 4.69) is 29.7 Å². The summed E-state index contributed by atoms with van der Waals surface area (Å²) in [6.45, 7) is 2.76. The molecule has 0 saturated heterocycles. The monoisotopic (exact) mass is 296 g/mol. The SMILES string of the molecule is CC[C@@H](NC(=O)NCCCc1ccccc1)c1ccccc1. The van der Waals surface area contributed by atoms with Crippen molar-refractivity contribution >= 4 is 6.03 Å². The summed E-state index contributed by atoms with van der Waals surface area (Å²) in [6, 6.07) is 20.4. The highest BCUT2D eigenvalue weighted by molar-refractivity contribution is 5.74. The molecule has 0 aliphatic heterocycles. The molecule has 0 fully saturated rings. The van der Waals surface area contributed by atoms with Crippen molar-refractivity contribution in [3.63, 3.8) is 0 Å². The standard InChI is InChI=1S/C19H24N2O/c1-2-18(17-13-7-4-8-14-17)21-19(22)20-15-9-12-16-10-5-3-6-11-16/h3-8,10-11,13-14,18H,2,9,12,15H2,1H3,(H2,20,21,22)/t18-/m1/s1. The molecule has 0 aliphatic carbocycles. The summed E-state index contributed by atoms with van der Waals surface area (Å²) in [5.41, 5.74) is 2.45. The molecule has 3 heteroatoms. The van der Waals surface area contributed by atoms with E-state index >= 15 is 0 Å². The van der Waals surface area contributed by atoms with Crippen LogP contribution < -0.4 is 10.6 Å². The molecule has 0 aliphatic rings. The minimum atomic E-state index is -0.0937. The van der Waals surface area contributed by atoms with E-state index in [1.165, 1.54) is 5.56 Å². The average molecular weight is 296 g/mol. The van der Waals surface area contributed by atoms with Gasteiger partial charge in [0.15, 0.2) is 0 Å². The van der Waals surface area contributed by atoms with Gasteiger partial charge in [0.1, 0.15) is 0 Å². The second kappa shape index (κ2) is 8.88. The number of carbonyl (C=O) groups is 1. The van der Waals surface area contributed by atoms with Gasteiger partial charge < -0.3 is 10.6 Å². The van der Waals surface area contributed by atoms with E-state index in [0.29, 0.717) is 6.54 Å². The molecule has 2 aromatic carbocycles. The summed E-state index contributed by atoms with van der Waals surface area (Å²) in [7, 11) is 0. The van der Waals surface area contributed by atoms with Gasteiger partial charge in [-0.05, 0) is 30.4 Å². The van der Waals surface area contributed by atoms with Crippen molar-refractivity contribution < 1.29 is 4.79 Å². The quantitative estimate of drug-likeness (QED) is 0.743. The maximum absolute atomic E-state index is 12.0. The highest BCUT2D eigenvalue weighted by Gasteiger charge is 2.11. The van der Waals surface area contributed by atoms with E-state index in [1.807, 2.05) is 48.5 Å². The number of carbonyl (C=O) groups excluding carboxylic acids is 1. The zero-order chi connectivity index (χ0) is 15.6. The molecule has 22 heavy (non-hydrogen) atoms. The van der Waals surface area contributed by atoms with Crippen LogP contribution in [0.1, 0.15) is 36.9 Å². The van der Waals surface area contributed by atoms with E-state index in [0.717, 1.165) is 24.8 Å². The number of benzene rings is 2. The first-order chi connectivity index (χ1) is 10.8. The number of rotatable bonds is 7. The van der Waals surface area contributed by atoms with Crippen LogP contribution in [-0.4, -0.2) is 12.6 Å². The van der Waals surface area contributed by atoms with Gasteiger partial charge in [0.05, 0.1) is 6.04 Å². The number of aryl methyl sites for hydroxylation is 1. The molecule has 2 N–H and O–H groups in total. The average Bonchev–Trinajstić information content (AvgIpc) is 2.58.